The van der Waals surface area contributed by atoms with Gasteiger partial charge >= 0.3 is 0 Å². The van der Waals surface area contributed by atoms with Crippen LogP contribution in [0, 0.1) is 0 Å². The van der Waals surface area contributed by atoms with E-state index in [1.165, 1.54) is 18.4 Å². The second-order valence-electron chi connectivity index (χ2n) is 5.70. The minimum Gasteiger partial charge on any atom is -0.468 e. The summed E-state index contributed by atoms with van der Waals surface area (Å²) in [5.74, 6) is 2.07. The Morgan fingerprint density at radius 2 is 2.30 bits per heavy atom. The maximum Gasteiger partial charge on any atom is 0.122 e. The summed E-state index contributed by atoms with van der Waals surface area (Å²) in [6.07, 6.45) is 8.29. The van der Waals surface area contributed by atoms with Crippen molar-refractivity contribution >= 4 is 0 Å². The SMILES string of the molecule is CN(Cc1cc(CNC2CC2)co1)Cc1nccn1C. The smallest absolute Gasteiger partial charge is 0.122 e. The number of aryl methyl sites for hydroxylation is 1. The van der Waals surface area contributed by atoms with Gasteiger partial charge < -0.3 is 14.3 Å². The first-order valence-electron chi connectivity index (χ1n) is 7.15. The van der Waals surface area contributed by atoms with Crippen molar-refractivity contribution in [2.45, 2.75) is 38.5 Å². The van der Waals surface area contributed by atoms with E-state index in [2.05, 4.69) is 28.3 Å². The van der Waals surface area contributed by atoms with Crippen LogP contribution in [0.1, 0.15) is 30.0 Å². The summed E-state index contributed by atoms with van der Waals surface area (Å²) in [6, 6.07) is 2.88. The van der Waals surface area contributed by atoms with E-state index in [1.807, 2.05) is 30.3 Å². The molecule has 3 rings (SSSR count). The molecule has 5 nitrogen and oxygen atoms in total. The highest BCUT2D eigenvalue weighted by molar-refractivity contribution is 5.13. The fraction of sp³-hybridized carbons (Fsp3) is 0.533. The van der Waals surface area contributed by atoms with Gasteiger partial charge in [0.15, 0.2) is 0 Å². The first kappa shape index (κ1) is 13.4. The van der Waals surface area contributed by atoms with Gasteiger partial charge in [-0.15, -0.1) is 0 Å². The number of imidazole rings is 1. The van der Waals surface area contributed by atoms with Crippen molar-refractivity contribution in [3.05, 3.63) is 41.9 Å². The molecule has 0 radical (unpaired) electrons. The summed E-state index contributed by atoms with van der Waals surface area (Å²) >= 11 is 0. The number of furan rings is 1. The van der Waals surface area contributed by atoms with Crippen molar-refractivity contribution in [2.75, 3.05) is 7.05 Å². The molecule has 0 bridgehead atoms. The molecule has 0 spiro atoms. The normalized spacial score (nSPS) is 15.2. The zero-order chi connectivity index (χ0) is 13.9. The molecule has 1 N–H and O–H groups in total. The number of nitrogens with zero attached hydrogens (tertiary/aromatic N) is 3. The average Bonchev–Trinajstić information content (AvgIpc) is 3.02. The number of rotatable bonds is 7. The summed E-state index contributed by atoms with van der Waals surface area (Å²) in [7, 11) is 4.10. The highest BCUT2D eigenvalue weighted by Crippen LogP contribution is 2.20. The molecular formula is C15H22N4O. The van der Waals surface area contributed by atoms with Crippen molar-refractivity contribution in [1.29, 1.82) is 0 Å². The van der Waals surface area contributed by atoms with Gasteiger partial charge in [0.25, 0.3) is 0 Å². The van der Waals surface area contributed by atoms with Crippen LogP contribution < -0.4 is 5.32 Å². The largest absolute Gasteiger partial charge is 0.468 e. The van der Waals surface area contributed by atoms with Crippen LogP contribution in [0.3, 0.4) is 0 Å². The molecule has 0 aromatic carbocycles. The molecule has 2 heterocycles. The summed E-state index contributed by atoms with van der Waals surface area (Å²) in [5.41, 5.74) is 1.23. The molecule has 5 heteroatoms. The zero-order valence-electron chi connectivity index (χ0n) is 12.2. The number of hydrogen-bond acceptors (Lipinski definition) is 4. The van der Waals surface area contributed by atoms with Crippen molar-refractivity contribution in [1.82, 2.24) is 19.8 Å². The third-order valence-electron chi connectivity index (χ3n) is 3.64. The van der Waals surface area contributed by atoms with E-state index in [-0.39, 0.29) is 0 Å². The first-order valence-corrected chi connectivity index (χ1v) is 7.15. The van der Waals surface area contributed by atoms with Crippen LogP contribution in [-0.4, -0.2) is 27.5 Å². The van der Waals surface area contributed by atoms with Gasteiger partial charge in [0, 0.05) is 37.6 Å². The van der Waals surface area contributed by atoms with Gasteiger partial charge in [0.2, 0.25) is 0 Å². The van der Waals surface area contributed by atoms with E-state index in [0.29, 0.717) is 0 Å². The lowest BCUT2D eigenvalue weighted by molar-refractivity contribution is 0.278. The Bertz CT molecular complexity index is 556. The molecule has 1 fully saturated rings. The lowest BCUT2D eigenvalue weighted by Crippen LogP contribution is -2.19. The Labute approximate surface area is 119 Å². The first-order chi connectivity index (χ1) is 9.70. The molecule has 0 saturated heterocycles. The Hall–Kier alpha value is -1.59. The summed E-state index contributed by atoms with van der Waals surface area (Å²) < 4.78 is 7.67. The van der Waals surface area contributed by atoms with Crippen molar-refractivity contribution in [3.63, 3.8) is 0 Å². The van der Waals surface area contributed by atoms with E-state index >= 15 is 0 Å². The Balaban J connectivity index is 1.50. The number of nitrogens with one attached hydrogen (secondary N) is 1. The fourth-order valence-electron chi connectivity index (χ4n) is 2.26. The maximum atomic E-state index is 5.63. The minimum atomic E-state index is 0.736. The number of hydrogen-bond donors (Lipinski definition) is 1. The summed E-state index contributed by atoms with van der Waals surface area (Å²) in [5, 5.41) is 3.50. The monoisotopic (exact) mass is 274 g/mol. The van der Waals surface area contributed by atoms with Crippen molar-refractivity contribution in [2.24, 2.45) is 7.05 Å². The molecule has 1 aliphatic carbocycles. The van der Waals surface area contributed by atoms with Crippen LogP contribution in [0.2, 0.25) is 0 Å². The maximum absolute atomic E-state index is 5.63. The Morgan fingerprint density at radius 1 is 1.45 bits per heavy atom. The van der Waals surface area contributed by atoms with Crippen LogP contribution in [0.25, 0.3) is 0 Å². The highest BCUT2D eigenvalue weighted by Gasteiger charge is 2.20. The van der Waals surface area contributed by atoms with Gasteiger partial charge in [-0.05, 0) is 26.0 Å². The third-order valence-corrected chi connectivity index (χ3v) is 3.64. The van der Waals surface area contributed by atoms with Gasteiger partial charge in [-0.25, -0.2) is 4.98 Å². The minimum absolute atomic E-state index is 0.736. The molecule has 1 aliphatic rings. The van der Waals surface area contributed by atoms with Gasteiger partial charge in [-0.2, -0.15) is 0 Å². The van der Waals surface area contributed by atoms with Crippen LogP contribution in [-0.2, 0) is 26.7 Å². The molecule has 108 valence electrons. The fourth-order valence-corrected chi connectivity index (χ4v) is 2.26. The molecular weight excluding hydrogens is 252 g/mol. The van der Waals surface area contributed by atoms with Crippen LogP contribution in [0.15, 0.2) is 29.1 Å². The molecule has 2 aromatic heterocycles. The molecule has 0 aliphatic heterocycles. The topological polar surface area (TPSA) is 46.2 Å². The lowest BCUT2D eigenvalue weighted by atomic mass is 10.3. The van der Waals surface area contributed by atoms with E-state index < -0.39 is 0 Å². The van der Waals surface area contributed by atoms with Gasteiger partial charge in [-0.3, -0.25) is 4.90 Å². The number of aromatic nitrogens is 2. The zero-order valence-corrected chi connectivity index (χ0v) is 12.2. The quantitative estimate of drug-likeness (QED) is 0.837. The summed E-state index contributed by atoms with van der Waals surface area (Å²) in [4.78, 5) is 6.55. The van der Waals surface area contributed by atoms with E-state index in [1.54, 1.807) is 0 Å². The lowest BCUT2D eigenvalue weighted by Gasteiger charge is -2.14. The Morgan fingerprint density at radius 3 is 3.00 bits per heavy atom. The second-order valence-corrected chi connectivity index (χ2v) is 5.70. The molecule has 0 atom stereocenters. The predicted molar refractivity (Wildman–Crippen MR) is 76.9 cm³/mol. The second kappa shape index (κ2) is 5.81. The average molecular weight is 274 g/mol. The van der Waals surface area contributed by atoms with Crippen LogP contribution in [0.4, 0.5) is 0 Å². The van der Waals surface area contributed by atoms with E-state index in [0.717, 1.165) is 37.3 Å². The third kappa shape index (κ3) is 3.49. The summed E-state index contributed by atoms with van der Waals surface area (Å²) in [6.45, 7) is 2.54. The predicted octanol–water partition coefficient (Wildman–Crippen LogP) is 1.90. The molecule has 2 aromatic rings. The Kier molecular flexibility index (Phi) is 3.89. The molecule has 20 heavy (non-hydrogen) atoms. The molecule has 1 saturated carbocycles. The molecule has 0 amide bonds. The highest BCUT2D eigenvalue weighted by atomic mass is 16.3. The van der Waals surface area contributed by atoms with Crippen LogP contribution in [0.5, 0.6) is 0 Å². The van der Waals surface area contributed by atoms with E-state index in [9.17, 15) is 0 Å². The molecule has 0 unspecified atom stereocenters. The van der Waals surface area contributed by atoms with E-state index in [4.69, 9.17) is 4.42 Å². The van der Waals surface area contributed by atoms with Gasteiger partial charge in [0.05, 0.1) is 19.4 Å². The van der Waals surface area contributed by atoms with Crippen LogP contribution >= 0.6 is 0 Å². The van der Waals surface area contributed by atoms with Gasteiger partial charge in [-0.1, -0.05) is 0 Å². The standard InChI is InChI=1S/C15H22N4O/c1-18(10-15-16-5-6-19(15)2)9-14-7-12(11-20-14)8-17-13-3-4-13/h5-7,11,13,17H,3-4,8-10H2,1-2H3. The van der Waals surface area contributed by atoms with Crippen molar-refractivity contribution in [3.8, 4) is 0 Å². The van der Waals surface area contributed by atoms with Crippen molar-refractivity contribution < 1.29 is 4.42 Å². The van der Waals surface area contributed by atoms with Gasteiger partial charge in [0.1, 0.15) is 11.6 Å².